The lowest BCUT2D eigenvalue weighted by Gasteiger charge is -2.15. The van der Waals surface area contributed by atoms with Crippen molar-refractivity contribution in [3.8, 4) is 22.9 Å². The number of aryl methyl sites for hydroxylation is 2. The number of hydrazone groups is 1. The van der Waals surface area contributed by atoms with Crippen molar-refractivity contribution in [2.24, 2.45) is 5.10 Å². The number of hydrogen-bond acceptors (Lipinski definition) is 6. The molecule has 0 atom stereocenters. The fourth-order valence-electron chi connectivity index (χ4n) is 3.95. The number of aromatic nitrogens is 1. The minimum atomic E-state index is -0.490. The van der Waals surface area contributed by atoms with E-state index < -0.39 is 5.91 Å². The van der Waals surface area contributed by atoms with Gasteiger partial charge in [0.1, 0.15) is 24.7 Å². The number of nitrogens with zero attached hydrogens (tertiary/aromatic N) is 2. The normalized spacial score (nSPS) is 11.0. The average Bonchev–Trinajstić information content (AvgIpc) is 3.56. The Kier molecular flexibility index (Phi) is 9.89. The standard InChI is InChI=1S/C30H29Br2N3O5/c1-5-15-38-29-26(37-6-2)16-21(27(31)28(29)32)17-33-34-30(36)25-14-13-24(40-25)18-39-23-11-9-22(10-12-23)35-19(3)7-8-20(35)4/h5,7-14,16-17H,1,6,15,18H2,2-4H3,(H,34,36)/b33-17+. The maximum absolute atomic E-state index is 12.6. The third-order valence-electron chi connectivity index (χ3n) is 5.80. The molecule has 0 bridgehead atoms. The molecule has 40 heavy (non-hydrogen) atoms. The molecule has 4 aromatic rings. The fourth-order valence-corrected chi connectivity index (χ4v) is 4.89. The van der Waals surface area contributed by atoms with E-state index in [1.165, 1.54) is 17.6 Å². The lowest BCUT2D eigenvalue weighted by molar-refractivity contribution is 0.0923. The summed E-state index contributed by atoms with van der Waals surface area (Å²) in [6.45, 7) is 10.7. The van der Waals surface area contributed by atoms with Crippen molar-refractivity contribution >= 4 is 44.0 Å². The van der Waals surface area contributed by atoms with Gasteiger partial charge in [-0.1, -0.05) is 12.7 Å². The third-order valence-corrected chi connectivity index (χ3v) is 7.95. The van der Waals surface area contributed by atoms with Crippen LogP contribution < -0.4 is 19.6 Å². The van der Waals surface area contributed by atoms with Crippen molar-refractivity contribution in [1.29, 1.82) is 0 Å². The van der Waals surface area contributed by atoms with Gasteiger partial charge in [-0.05, 0) is 107 Å². The van der Waals surface area contributed by atoms with Crippen LogP contribution in [0.25, 0.3) is 5.69 Å². The first-order valence-corrected chi connectivity index (χ1v) is 14.1. The van der Waals surface area contributed by atoms with Gasteiger partial charge >= 0.3 is 5.91 Å². The predicted octanol–water partition coefficient (Wildman–Crippen LogP) is 7.52. The first-order chi connectivity index (χ1) is 19.3. The average molecular weight is 671 g/mol. The van der Waals surface area contributed by atoms with E-state index >= 15 is 0 Å². The van der Waals surface area contributed by atoms with Gasteiger partial charge in [0, 0.05) is 27.1 Å². The van der Waals surface area contributed by atoms with Crippen LogP contribution in [-0.2, 0) is 6.61 Å². The molecule has 0 aliphatic carbocycles. The molecular weight excluding hydrogens is 642 g/mol. The van der Waals surface area contributed by atoms with E-state index in [0.29, 0.717) is 50.7 Å². The van der Waals surface area contributed by atoms with Gasteiger partial charge in [-0.15, -0.1) is 0 Å². The van der Waals surface area contributed by atoms with Crippen LogP contribution in [-0.4, -0.2) is 29.9 Å². The van der Waals surface area contributed by atoms with Gasteiger partial charge in [0.15, 0.2) is 17.3 Å². The molecule has 2 heterocycles. The molecule has 1 amide bonds. The van der Waals surface area contributed by atoms with E-state index in [-0.39, 0.29) is 12.4 Å². The van der Waals surface area contributed by atoms with Crippen molar-refractivity contribution in [1.82, 2.24) is 9.99 Å². The molecular formula is C30H29Br2N3O5. The molecule has 0 saturated heterocycles. The van der Waals surface area contributed by atoms with Gasteiger partial charge < -0.3 is 23.2 Å². The Labute approximate surface area is 249 Å². The number of rotatable bonds is 12. The highest BCUT2D eigenvalue weighted by molar-refractivity contribution is 9.13. The molecule has 208 valence electrons. The zero-order valence-electron chi connectivity index (χ0n) is 22.4. The molecule has 0 aliphatic heterocycles. The molecule has 0 aliphatic rings. The summed E-state index contributed by atoms with van der Waals surface area (Å²) in [5, 5.41) is 4.08. The Morgan fingerprint density at radius 3 is 2.42 bits per heavy atom. The van der Waals surface area contributed by atoms with Crippen LogP contribution in [0.1, 0.15) is 40.2 Å². The largest absolute Gasteiger partial charge is 0.490 e. The molecule has 4 rings (SSSR count). The topological polar surface area (TPSA) is 87.2 Å². The maximum atomic E-state index is 12.6. The van der Waals surface area contributed by atoms with Crippen LogP contribution in [0.2, 0.25) is 0 Å². The van der Waals surface area contributed by atoms with Crippen molar-refractivity contribution in [2.45, 2.75) is 27.4 Å². The number of nitrogens with one attached hydrogen (secondary N) is 1. The predicted molar refractivity (Wildman–Crippen MR) is 162 cm³/mol. The molecule has 0 radical (unpaired) electrons. The number of amides is 1. The molecule has 1 N–H and O–H groups in total. The van der Waals surface area contributed by atoms with E-state index in [4.69, 9.17) is 18.6 Å². The van der Waals surface area contributed by atoms with Crippen molar-refractivity contribution in [3.63, 3.8) is 0 Å². The minimum Gasteiger partial charge on any atom is -0.490 e. The monoisotopic (exact) mass is 669 g/mol. The zero-order valence-corrected chi connectivity index (χ0v) is 25.5. The zero-order chi connectivity index (χ0) is 28.6. The summed E-state index contributed by atoms with van der Waals surface area (Å²) in [6.07, 6.45) is 3.15. The summed E-state index contributed by atoms with van der Waals surface area (Å²) in [7, 11) is 0. The minimum absolute atomic E-state index is 0.119. The number of carbonyl (C=O) groups is 1. The van der Waals surface area contributed by atoms with Gasteiger partial charge in [0.2, 0.25) is 0 Å². The van der Waals surface area contributed by atoms with Crippen LogP contribution in [0.3, 0.4) is 0 Å². The van der Waals surface area contributed by atoms with Crippen molar-refractivity contribution in [2.75, 3.05) is 13.2 Å². The quantitative estimate of drug-likeness (QED) is 0.0957. The number of hydrogen-bond donors (Lipinski definition) is 1. The summed E-state index contributed by atoms with van der Waals surface area (Å²) in [5.74, 6) is 1.92. The molecule has 0 spiro atoms. The molecule has 2 aromatic carbocycles. The number of benzene rings is 2. The SMILES string of the molecule is C=CCOc1c(OCC)cc(/C=N/NC(=O)c2ccc(COc3ccc(-n4c(C)ccc4C)cc3)o2)c(Br)c1Br. The van der Waals surface area contributed by atoms with Gasteiger partial charge in [0.25, 0.3) is 0 Å². The summed E-state index contributed by atoms with van der Waals surface area (Å²) >= 11 is 7.06. The van der Waals surface area contributed by atoms with Gasteiger partial charge in [-0.3, -0.25) is 4.79 Å². The Morgan fingerprint density at radius 1 is 1.02 bits per heavy atom. The number of carbonyl (C=O) groups excluding carboxylic acids is 1. The van der Waals surface area contributed by atoms with Crippen LogP contribution >= 0.6 is 31.9 Å². The Balaban J connectivity index is 1.35. The van der Waals surface area contributed by atoms with Crippen LogP contribution in [0, 0.1) is 13.8 Å². The summed E-state index contributed by atoms with van der Waals surface area (Å²) in [6, 6.07) is 17.0. The van der Waals surface area contributed by atoms with E-state index in [1.807, 2.05) is 31.2 Å². The van der Waals surface area contributed by atoms with E-state index in [9.17, 15) is 4.79 Å². The van der Waals surface area contributed by atoms with Crippen molar-refractivity contribution in [3.05, 3.63) is 105 Å². The molecule has 0 fully saturated rings. The second-order valence-corrected chi connectivity index (χ2v) is 10.2. The number of halogens is 2. The van der Waals surface area contributed by atoms with Gasteiger partial charge in [0.05, 0.1) is 17.3 Å². The van der Waals surface area contributed by atoms with E-state index in [2.05, 4.69) is 79.5 Å². The molecule has 2 aromatic heterocycles. The van der Waals surface area contributed by atoms with Crippen molar-refractivity contribution < 1.29 is 23.4 Å². The second-order valence-electron chi connectivity index (χ2n) is 8.65. The lowest BCUT2D eigenvalue weighted by atomic mass is 10.2. The van der Waals surface area contributed by atoms with Crippen LogP contribution in [0.4, 0.5) is 0 Å². The van der Waals surface area contributed by atoms with Gasteiger partial charge in [-0.2, -0.15) is 5.10 Å². The second kappa shape index (κ2) is 13.5. The third kappa shape index (κ3) is 6.86. The van der Waals surface area contributed by atoms with Gasteiger partial charge in [-0.25, -0.2) is 5.43 Å². The van der Waals surface area contributed by atoms with E-state index in [0.717, 1.165) is 5.69 Å². The maximum Gasteiger partial charge on any atom is 0.307 e. The highest BCUT2D eigenvalue weighted by Gasteiger charge is 2.17. The summed E-state index contributed by atoms with van der Waals surface area (Å²) in [5.41, 5.74) is 6.55. The molecule has 8 nitrogen and oxygen atoms in total. The van der Waals surface area contributed by atoms with Crippen LogP contribution in [0.5, 0.6) is 17.2 Å². The first kappa shape index (κ1) is 29.2. The smallest absolute Gasteiger partial charge is 0.307 e. The summed E-state index contributed by atoms with van der Waals surface area (Å²) < 4.78 is 26.5. The highest BCUT2D eigenvalue weighted by Crippen LogP contribution is 2.42. The lowest BCUT2D eigenvalue weighted by Crippen LogP contribution is -2.16. The Bertz CT molecular complexity index is 1500. The molecule has 10 heteroatoms. The Morgan fingerprint density at radius 2 is 1.75 bits per heavy atom. The Hall–Kier alpha value is -3.76. The number of furan rings is 1. The van der Waals surface area contributed by atoms with E-state index in [1.54, 1.807) is 24.3 Å². The highest BCUT2D eigenvalue weighted by atomic mass is 79.9. The fraction of sp³-hybridized carbons (Fsp3) is 0.200. The summed E-state index contributed by atoms with van der Waals surface area (Å²) in [4.78, 5) is 12.6. The first-order valence-electron chi connectivity index (χ1n) is 12.5. The molecule has 0 unspecified atom stereocenters. The molecule has 0 saturated carbocycles. The number of ether oxygens (including phenoxy) is 3. The van der Waals surface area contributed by atoms with Crippen LogP contribution in [0.15, 0.2) is 85.7 Å².